The highest BCUT2D eigenvalue weighted by molar-refractivity contribution is 6.00. The van der Waals surface area contributed by atoms with Crippen molar-refractivity contribution in [3.8, 4) is 0 Å². The van der Waals surface area contributed by atoms with E-state index in [2.05, 4.69) is 33.6 Å². The predicted molar refractivity (Wildman–Crippen MR) is 148 cm³/mol. The minimum Gasteiger partial charge on any atom is -0.351 e. The van der Waals surface area contributed by atoms with Crippen LogP contribution in [-0.4, -0.2) is 44.7 Å². The molecule has 6 rings (SSSR count). The highest BCUT2D eigenvalue weighted by atomic mass is 16.2. The van der Waals surface area contributed by atoms with Gasteiger partial charge in [0, 0.05) is 25.3 Å². The average Bonchev–Trinajstić information content (AvgIpc) is 3.23. The molecule has 8 nitrogen and oxygen atoms in total. The molecule has 3 aliphatic carbocycles. The molecule has 204 valence electrons. The molecule has 2 N–H and O–H groups in total. The summed E-state index contributed by atoms with van der Waals surface area (Å²) < 4.78 is 1.56. The van der Waals surface area contributed by atoms with Gasteiger partial charge < -0.3 is 15.5 Å². The van der Waals surface area contributed by atoms with Gasteiger partial charge in [0.25, 0.3) is 5.91 Å². The molecule has 3 saturated carbocycles. The molecule has 3 heterocycles. The fraction of sp³-hybridized carbons (Fsp3) is 0.667. The topological polar surface area (TPSA) is 92.1 Å². The summed E-state index contributed by atoms with van der Waals surface area (Å²) in [4.78, 5) is 34.5. The van der Waals surface area contributed by atoms with Crippen molar-refractivity contribution in [2.75, 3.05) is 16.8 Å². The maximum Gasteiger partial charge on any atom is 0.270 e. The van der Waals surface area contributed by atoms with E-state index in [0.717, 1.165) is 38.0 Å². The van der Waals surface area contributed by atoms with E-state index in [9.17, 15) is 9.59 Å². The Labute approximate surface area is 226 Å². The molecule has 2 atom stereocenters. The third-order valence-corrected chi connectivity index (χ3v) is 10.2. The molecule has 4 aliphatic rings. The van der Waals surface area contributed by atoms with Crippen molar-refractivity contribution < 1.29 is 9.59 Å². The van der Waals surface area contributed by atoms with Crippen molar-refractivity contribution in [2.45, 2.75) is 95.6 Å². The van der Waals surface area contributed by atoms with Crippen LogP contribution in [0.25, 0.3) is 0 Å². The Kier molecular flexibility index (Phi) is 6.68. The Morgan fingerprint density at radius 3 is 2.32 bits per heavy atom. The molecule has 1 aliphatic heterocycles. The zero-order chi connectivity index (χ0) is 26.3. The fourth-order valence-electron chi connectivity index (χ4n) is 7.55. The lowest BCUT2D eigenvalue weighted by Crippen LogP contribution is -2.54. The minimum atomic E-state index is -0.598. The summed E-state index contributed by atoms with van der Waals surface area (Å²) in [6.45, 7) is 3.34. The number of aromatic nitrogens is 3. The highest BCUT2D eigenvalue weighted by Gasteiger charge is 2.54. The molecule has 8 heteroatoms. The SMILES string of the molecule is Cn1nccc1C(=O)N[C@H](C(=O)Nc1ccc(N2CCCCC23CCCC3)nc1)C(C1CCC1)C1(C)CC1. The van der Waals surface area contributed by atoms with Crippen LogP contribution in [0, 0.1) is 17.3 Å². The standard InChI is InChI=1S/C30H42N6O2/c1-29(16-17-29)25(21-8-7-9-21)26(34-27(37)23-12-18-32-35(23)2)28(38)33-22-10-11-24(31-20-22)36-19-6-5-15-30(36)13-3-4-14-30/h10-12,18,20-21,25-26H,3-9,13-17,19H2,1-2H3,(H,33,38)(H,34,37)/t25?,26-/m0/s1. The van der Waals surface area contributed by atoms with E-state index in [1.807, 2.05) is 6.07 Å². The number of aryl methyl sites for hydroxylation is 1. The van der Waals surface area contributed by atoms with E-state index in [0.29, 0.717) is 17.3 Å². The number of rotatable bonds is 8. The summed E-state index contributed by atoms with van der Waals surface area (Å²) in [5.41, 5.74) is 1.51. The Bertz CT molecular complexity index is 1160. The Morgan fingerprint density at radius 2 is 1.74 bits per heavy atom. The second-order valence-electron chi connectivity index (χ2n) is 12.6. The first kappa shape index (κ1) is 25.4. The van der Waals surface area contributed by atoms with Crippen LogP contribution in [0.15, 0.2) is 30.6 Å². The first-order chi connectivity index (χ1) is 18.4. The van der Waals surface area contributed by atoms with Crippen molar-refractivity contribution in [3.05, 3.63) is 36.3 Å². The summed E-state index contributed by atoms with van der Waals surface area (Å²) in [5, 5.41) is 10.4. The normalized spacial score (nSPS) is 23.5. The second kappa shape index (κ2) is 10.0. The Hall–Kier alpha value is -2.90. The van der Waals surface area contributed by atoms with E-state index >= 15 is 0 Å². The van der Waals surface area contributed by atoms with Gasteiger partial charge in [-0.15, -0.1) is 0 Å². The number of piperidine rings is 1. The molecular weight excluding hydrogens is 476 g/mol. The summed E-state index contributed by atoms with van der Waals surface area (Å²) in [6, 6.07) is 5.14. The van der Waals surface area contributed by atoms with Crippen LogP contribution in [0.3, 0.4) is 0 Å². The first-order valence-electron chi connectivity index (χ1n) is 14.7. The van der Waals surface area contributed by atoms with Crippen LogP contribution in [-0.2, 0) is 11.8 Å². The van der Waals surface area contributed by atoms with Crippen LogP contribution in [0.4, 0.5) is 11.5 Å². The minimum absolute atomic E-state index is 0.0960. The smallest absolute Gasteiger partial charge is 0.270 e. The summed E-state index contributed by atoms with van der Waals surface area (Å²) in [5.74, 6) is 1.21. The van der Waals surface area contributed by atoms with E-state index < -0.39 is 6.04 Å². The molecule has 4 fully saturated rings. The first-order valence-corrected chi connectivity index (χ1v) is 14.7. The zero-order valence-electron chi connectivity index (χ0n) is 22.9. The number of anilines is 2. The summed E-state index contributed by atoms with van der Waals surface area (Å²) >= 11 is 0. The van der Waals surface area contributed by atoms with Gasteiger partial charge in [0.1, 0.15) is 17.6 Å². The molecule has 1 spiro atoms. The van der Waals surface area contributed by atoms with E-state index in [-0.39, 0.29) is 28.7 Å². The quantitative estimate of drug-likeness (QED) is 0.509. The molecule has 0 aromatic carbocycles. The molecule has 2 aromatic heterocycles. The summed E-state index contributed by atoms with van der Waals surface area (Å²) in [6.07, 6.45) is 18.0. The van der Waals surface area contributed by atoms with E-state index in [4.69, 9.17) is 4.98 Å². The van der Waals surface area contributed by atoms with Crippen LogP contribution < -0.4 is 15.5 Å². The molecule has 38 heavy (non-hydrogen) atoms. The molecule has 2 amide bonds. The van der Waals surface area contributed by atoms with Crippen LogP contribution in [0.2, 0.25) is 0 Å². The lowest BCUT2D eigenvalue weighted by molar-refractivity contribution is -0.121. The van der Waals surface area contributed by atoms with Crippen molar-refractivity contribution >= 4 is 23.3 Å². The van der Waals surface area contributed by atoms with Crippen molar-refractivity contribution in [1.29, 1.82) is 0 Å². The van der Waals surface area contributed by atoms with Crippen molar-refractivity contribution in [1.82, 2.24) is 20.1 Å². The fourth-order valence-corrected chi connectivity index (χ4v) is 7.55. The Morgan fingerprint density at radius 1 is 1.00 bits per heavy atom. The van der Waals surface area contributed by atoms with Gasteiger partial charge >= 0.3 is 0 Å². The lowest BCUT2D eigenvalue weighted by Gasteiger charge is -2.46. The van der Waals surface area contributed by atoms with E-state index in [1.165, 1.54) is 51.4 Å². The number of carbonyl (C=O) groups excluding carboxylic acids is 2. The monoisotopic (exact) mass is 518 g/mol. The molecule has 2 aromatic rings. The number of carbonyl (C=O) groups is 2. The number of hydrogen-bond acceptors (Lipinski definition) is 5. The Balaban J connectivity index is 1.21. The number of pyridine rings is 1. The molecule has 1 unspecified atom stereocenters. The number of nitrogens with zero attached hydrogens (tertiary/aromatic N) is 4. The number of nitrogens with one attached hydrogen (secondary N) is 2. The van der Waals surface area contributed by atoms with Crippen molar-refractivity contribution in [2.24, 2.45) is 24.3 Å². The lowest BCUT2D eigenvalue weighted by atomic mass is 9.66. The molecule has 0 bridgehead atoms. The maximum absolute atomic E-state index is 13.9. The summed E-state index contributed by atoms with van der Waals surface area (Å²) in [7, 11) is 1.75. The highest BCUT2D eigenvalue weighted by Crippen LogP contribution is 2.58. The molecule has 0 radical (unpaired) electrons. The van der Waals surface area contributed by atoms with Gasteiger partial charge in [-0.05, 0) is 80.4 Å². The zero-order valence-corrected chi connectivity index (χ0v) is 22.9. The van der Waals surface area contributed by atoms with Gasteiger partial charge in [0.05, 0.1) is 11.9 Å². The predicted octanol–water partition coefficient (Wildman–Crippen LogP) is 5.07. The third-order valence-electron chi connectivity index (χ3n) is 10.2. The van der Waals surface area contributed by atoms with Gasteiger partial charge in [-0.3, -0.25) is 14.3 Å². The van der Waals surface area contributed by atoms with Crippen LogP contribution in [0.5, 0.6) is 0 Å². The van der Waals surface area contributed by atoms with Gasteiger partial charge in [0.2, 0.25) is 5.91 Å². The van der Waals surface area contributed by atoms with Crippen LogP contribution >= 0.6 is 0 Å². The largest absolute Gasteiger partial charge is 0.351 e. The number of hydrogen-bond donors (Lipinski definition) is 2. The molecular formula is C30H42N6O2. The van der Waals surface area contributed by atoms with E-state index in [1.54, 1.807) is 30.2 Å². The molecule has 1 saturated heterocycles. The van der Waals surface area contributed by atoms with Gasteiger partial charge in [-0.2, -0.15) is 5.10 Å². The second-order valence-corrected chi connectivity index (χ2v) is 12.6. The number of amides is 2. The van der Waals surface area contributed by atoms with Gasteiger partial charge in [0.15, 0.2) is 0 Å². The average molecular weight is 519 g/mol. The van der Waals surface area contributed by atoms with Crippen molar-refractivity contribution in [3.63, 3.8) is 0 Å². The van der Waals surface area contributed by atoms with Gasteiger partial charge in [-0.1, -0.05) is 39.0 Å². The van der Waals surface area contributed by atoms with Gasteiger partial charge in [-0.25, -0.2) is 4.98 Å². The maximum atomic E-state index is 13.9. The van der Waals surface area contributed by atoms with Crippen LogP contribution in [0.1, 0.15) is 94.5 Å². The third kappa shape index (κ3) is 4.71.